The van der Waals surface area contributed by atoms with Crippen molar-refractivity contribution in [2.75, 3.05) is 7.11 Å². The molecule has 2 aromatic heterocycles. The summed E-state index contributed by atoms with van der Waals surface area (Å²) in [4.78, 5) is 16.8. The van der Waals surface area contributed by atoms with E-state index in [0.29, 0.717) is 6.42 Å². The minimum absolute atomic E-state index is 0.0586. The number of imidazole rings is 1. The first-order chi connectivity index (χ1) is 7.20. The molecule has 0 amide bonds. The molecule has 0 spiro atoms. The zero-order valence-corrected chi connectivity index (χ0v) is 9.45. The summed E-state index contributed by atoms with van der Waals surface area (Å²) in [5, 5.41) is 1.96. The molecule has 5 heteroatoms. The third-order valence-corrected chi connectivity index (χ3v) is 3.08. The summed E-state index contributed by atoms with van der Waals surface area (Å²) in [5.74, 6) is 0.0586. The quantitative estimate of drug-likeness (QED) is 0.791. The molecule has 2 heterocycles. The normalized spacial score (nSPS) is 13.2. The van der Waals surface area contributed by atoms with Gasteiger partial charge in [-0.3, -0.25) is 9.20 Å². The van der Waals surface area contributed by atoms with E-state index in [0.717, 1.165) is 10.7 Å². The highest BCUT2D eigenvalue weighted by atomic mass is 32.1. The number of thiazole rings is 1. The number of ether oxygens (including phenoxy) is 1. The van der Waals surface area contributed by atoms with Crippen LogP contribution in [0.4, 0.5) is 0 Å². The van der Waals surface area contributed by atoms with E-state index >= 15 is 0 Å². The number of hydrogen-bond donors (Lipinski definition) is 0. The molecule has 2 aromatic rings. The number of carbonyl (C=O) groups is 1. The van der Waals surface area contributed by atoms with Gasteiger partial charge in [0.15, 0.2) is 10.7 Å². The lowest BCUT2D eigenvalue weighted by Gasteiger charge is -2.05. The van der Waals surface area contributed by atoms with Crippen molar-refractivity contribution in [3.63, 3.8) is 0 Å². The van der Waals surface area contributed by atoms with Crippen LogP contribution in [0.5, 0.6) is 0 Å². The van der Waals surface area contributed by atoms with Gasteiger partial charge in [-0.2, -0.15) is 0 Å². The number of methoxy groups -OCH3 is 1. The third-order valence-electron chi connectivity index (χ3n) is 2.31. The predicted molar refractivity (Wildman–Crippen MR) is 58.3 cm³/mol. The third kappa shape index (κ3) is 2.08. The number of nitrogens with zero attached hydrogens (tertiary/aromatic N) is 2. The molecule has 80 valence electrons. The molecule has 0 aliphatic rings. The summed E-state index contributed by atoms with van der Waals surface area (Å²) in [5.41, 5.74) is 0.802. The standard InChI is InChI=1S/C10H12N2O2S/c1-7(14-2)9(13)5-8-6-12-3-4-15-10(12)11-8/h3-4,6-7H,5H2,1-2H3. The molecule has 0 fully saturated rings. The lowest BCUT2D eigenvalue weighted by Crippen LogP contribution is -2.21. The van der Waals surface area contributed by atoms with E-state index in [1.54, 1.807) is 18.3 Å². The molecule has 15 heavy (non-hydrogen) atoms. The molecule has 1 atom stereocenters. The number of rotatable bonds is 4. The molecular formula is C10H12N2O2S. The van der Waals surface area contributed by atoms with Gasteiger partial charge in [-0.1, -0.05) is 0 Å². The van der Waals surface area contributed by atoms with Crippen molar-refractivity contribution in [3.8, 4) is 0 Å². The SMILES string of the molecule is COC(C)C(=O)Cc1cn2ccsc2n1. The van der Waals surface area contributed by atoms with E-state index in [2.05, 4.69) is 4.98 Å². The fourth-order valence-corrected chi connectivity index (χ4v) is 2.03. The maximum Gasteiger partial charge on any atom is 0.193 e. The molecule has 0 N–H and O–H groups in total. The largest absolute Gasteiger partial charge is 0.374 e. The summed E-state index contributed by atoms with van der Waals surface area (Å²) in [7, 11) is 1.54. The summed E-state index contributed by atoms with van der Waals surface area (Å²) in [6.45, 7) is 1.75. The van der Waals surface area contributed by atoms with Gasteiger partial charge in [-0.25, -0.2) is 4.98 Å². The van der Waals surface area contributed by atoms with E-state index in [1.165, 1.54) is 7.11 Å². The first-order valence-electron chi connectivity index (χ1n) is 4.67. The van der Waals surface area contributed by atoms with Crippen LogP contribution >= 0.6 is 11.3 Å². The van der Waals surface area contributed by atoms with Gasteiger partial charge in [-0.15, -0.1) is 11.3 Å². The second kappa shape index (κ2) is 4.12. The Balaban J connectivity index is 2.12. The molecule has 0 aliphatic carbocycles. The van der Waals surface area contributed by atoms with Crippen molar-refractivity contribution < 1.29 is 9.53 Å². The van der Waals surface area contributed by atoms with Crippen molar-refractivity contribution in [1.82, 2.24) is 9.38 Å². The second-order valence-corrected chi connectivity index (χ2v) is 4.22. The zero-order valence-electron chi connectivity index (χ0n) is 8.64. The monoisotopic (exact) mass is 224 g/mol. The number of aromatic nitrogens is 2. The molecule has 0 bridgehead atoms. The van der Waals surface area contributed by atoms with E-state index in [9.17, 15) is 4.79 Å². The van der Waals surface area contributed by atoms with Crippen molar-refractivity contribution in [2.24, 2.45) is 0 Å². The van der Waals surface area contributed by atoms with Crippen molar-refractivity contribution in [1.29, 1.82) is 0 Å². The average Bonchev–Trinajstić information content (AvgIpc) is 2.76. The van der Waals surface area contributed by atoms with E-state index in [-0.39, 0.29) is 11.9 Å². The molecule has 4 nitrogen and oxygen atoms in total. The Morgan fingerprint density at radius 1 is 1.73 bits per heavy atom. The van der Waals surface area contributed by atoms with Gasteiger partial charge >= 0.3 is 0 Å². The highest BCUT2D eigenvalue weighted by Gasteiger charge is 2.14. The Morgan fingerprint density at radius 2 is 2.53 bits per heavy atom. The van der Waals surface area contributed by atoms with Crippen molar-refractivity contribution >= 4 is 22.1 Å². The molecule has 2 rings (SSSR count). The molecular weight excluding hydrogens is 212 g/mol. The van der Waals surface area contributed by atoms with Crippen LogP contribution in [0.2, 0.25) is 0 Å². The van der Waals surface area contributed by atoms with Gasteiger partial charge in [0.1, 0.15) is 6.10 Å². The number of hydrogen-bond acceptors (Lipinski definition) is 4. The van der Waals surface area contributed by atoms with Crippen LogP contribution in [0.25, 0.3) is 4.96 Å². The van der Waals surface area contributed by atoms with Crippen molar-refractivity contribution in [3.05, 3.63) is 23.5 Å². The Kier molecular flexibility index (Phi) is 2.83. The molecule has 0 aromatic carbocycles. The zero-order chi connectivity index (χ0) is 10.8. The summed E-state index contributed by atoms with van der Waals surface area (Å²) in [6.07, 6.45) is 3.79. The predicted octanol–water partition coefficient (Wildman–Crippen LogP) is 1.54. The first kappa shape index (κ1) is 10.3. The summed E-state index contributed by atoms with van der Waals surface area (Å²) < 4.78 is 6.88. The van der Waals surface area contributed by atoms with Crippen LogP contribution in [0.3, 0.4) is 0 Å². The van der Waals surface area contributed by atoms with Crippen LogP contribution in [-0.2, 0) is 16.0 Å². The van der Waals surface area contributed by atoms with Crippen LogP contribution in [0.15, 0.2) is 17.8 Å². The summed E-state index contributed by atoms with van der Waals surface area (Å²) in [6, 6.07) is 0. The number of ketones is 1. The average molecular weight is 224 g/mol. The number of fused-ring (bicyclic) bond motifs is 1. The van der Waals surface area contributed by atoms with Gasteiger partial charge in [0.2, 0.25) is 0 Å². The molecule has 0 saturated heterocycles. The topological polar surface area (TPSA) is 43.6 Å². The lowest BCUT2D eigenvalue weighted by atomic mass is 10.1. The van der Waals surface area contributed by atoms with Gasteiger partial charge in [0, 0.05) is 24.9 Å². The van der Waals surface area contributed by atoms with E-state index in [1.807, 2.05) is 22.2 Å². The van der Waals surface area contributed by atoms with Gasteiger partial charge in [0.05, 0.1) is 12.1 Å². The van der Waals surface area contributed by atoms with Crippen LogP contribution < -0.4 is 0 Å². The number of Topliss-reactive ketones (excluding diaryl/α,β-unsaturated/α-hetero) is 1. The van der Waals surface area contributed by atoms with Crippen LogP contribution in [-0.4, -0.2) is 28.4 Å². The fraction of sp³-hybridized carbons (Fsp3) is 0.400. The van der Waals surface area contributed by atoms with E-state index in [4.69, 9.17) is 4.74 Å². The Bertz CT molecular complexity index is 446. The van der Waals surface area contributed by atoms with Gasteiger partial charge in [-0.05, 0) is 6.92 Å². The molecule has 1 unspecified atom stereocenters. The second-order valence-electron chi connectivity index (χ2n) is 3.35. The maximum atomic E-state index is 11.6. The van der Waals surface area contributed by atoms with Gasteiger partial charge in [0.25, 0.3) is 0 Å². The Hall–Kier alpha value is -1.20. The van der Waals surface area contributed by atoms with Crippen molar-refractivity contribution in [2.45, 2.75) is 19.4 Å². The highest BCUT2D eigenvalue weighted by Crippen LogP contribution is 2.12. The van der Waals surface area contributed by atoms with Crippen LogP contribution in [0.1, 0.15) is 12.6 Å². The van der Waals surface area contributed by atoms with Crippen LogP contribution in [0, 0.1) is 0 Å². The van der Waals surface area contributed by atoms with E-state index < -0.39 is 0 Å². The minimum Gasteiger partial charge on any atom is -0.374 e. The minimum atomic E-state index is -0.357. The Morgan fingerprint density at radius 3 is 3.20 bits per heavy atom. The smallest absolute Gasteiger partial charge is 0.193 e. The summed E-state index contributed by atoms with van der Waals surface area (Å²) >= 11 is 1.56. The number of carbonyl (C=O) groups excluding carboxylic acids is 1. The lowest BCUT2D eigenvalue weighted by molar-refractivity contribution is -0.127. The fourth-order valence-electron chi connectivity index (χ4n) is 1.31. The molecule has 0 saturated carbocycles. The first-order valence-corrected chi connectivity index (χ1v) is 5.55. The maximum absolute atomic E-state index is 11.6. The molecule has 0 aliphatic heterocycles. The van der Waals surface area contributed by atoms with Gasteiger partial charge < -0.3 is 4.74 Å². The highest BCUT2D eigenvalue weighted by molar-refractivity contribution is 7.15. The Labute approximate surface area is 91.5 Å². The molecule has 0 radical (unpaired) electrons.